The predicted molar refractivity (Wildman–Crippen MR) is 84.1 cm³/mol. The van der Waals surface area contributed by atoms with Crippen molar-refractivity contribution >= 4 is 15.7 Å². The molecule has 21 heavy (non-hydrogen) atoms. The van der Waals surface area contributed by atoms with Gasteiger partial charge >= 0.3 is 0 Å². The summed E-state index contributed by atoms with van der Waals surface area (Å²) in [6.07, 6.45) is 1.57. The lowest BCUT2D eigenvalue weighted by Gasteiger charge is -2.09. The molecule has 1 N–H and O–H groups in total. The summed E-state index contributed by atoms with van der Waals surface area (Å²) in [7, 11) is -3.62. The molecule has 1 heterocycles. The second-order valence-electron chi connectivity index (χ2n) is 5.56. The van der Waals surface area contributed by atoms with Gasteiger partial charge < -0.3 is 0 Å². The summed E-state index contributed by atoms with van der Waals surface area (Å²) in [5.41, 5.74) is 3.24. The van der Waals surface area contributed by atoms with Crippen LogP contribution in [0.5, 0.6) is 0 Å². The van der Waals surface area contributed by atoms with Crippen LogP contribution in [0.3, 0.4) is 0 Å². The topological polar surface area (TPSA) is 64.0 Å². The highest BCUT2D eigenvalue weighted by atomic mass is 32.2. The number of aromatic nitrogens is 2. The SMILES string of the molecule is Cc1ccc(NS(=O)(=O)c2cn(C(C)C)nc2C)cc1C. The van der Waals surface area contributed by atoms with E-state index in [1.807, 2.05) is 39.8 Å². The van der Waals surface area contributed by atoms with Crippen molar-refractivity contribution in [3.8, 4) is 0 Å². The number of nitrogens with one attached hydrogen (secondary N) is 1. The number of hydrogen-bond acceptors (Lipinski definition) is 3. The van der Waals surface area contributed by atoms with Gasteiger partial charge in [-0.2, -0.15) is 5.10 Å². The fourth-order valence-electron chi connectivity index (χ4n) is 2.01. The molecule has 0 aliphatic carbocycles. The third kappa shape index (κ3) is 3.26. The quantitative estimate of drug-likeness (QED) is 0.943. The second-order valence-corrected chi connectivity index (χ2v) is 7.21. The summed E-state index contributed by atoms with van der Waals surface area (Å²) in [4.78, 5) is 0.217. The zero-order valence-corrected chi connectivity index (χ0v) is 13.8. The molecular weight excluding hydrogens is 286 g/mol. The average Bonchev–Trinajstić information content (AvgIpc) is 2.77. The van der Waals surface area contributed by atoms with Crippen LogP contribution in [0, 0.1) is 20.8 Å². The van der Waals surface area contributed by atoms with Gasteiger partial charge in [-0.3, -0.25) is 9.40 Å². The molecule has 2 aromatic rings. The summed E-state index contributed by atoms with van der Waals surface area (Å²) in [5.74, 6) is 0. The molecule has 5 nitrogen and oxygen atoms in total. The van der Waals surface area contributed by atoms with E-state index >= 15 is 0 Å². The molecule has 0 atom stereocenters. The van der Waals surface area contributed by atoms with Crippen LogP contribution in [0.25, 0.3) is 0 Å². The van der Waals surface area contributed by atoms with Gasteiger partial charge in [0.15, 0.2) is 0 Å². The molecule has 0 radical (unpaired) electrons. The van der Waals surface area contributed by atoms with Gasteiger partial charge in [-0.25, -0.2) is 8.42 Å². The first-order chi connectivity index (χ1) is 9.70. The van der Waals surface area contributed by atoms with Crippen LogP contribution in [0.4, 0.5) is 5.69 Å². The van der Waals surface area contributed by atoms with Crippen LogP contribution in [0.2, 0.25) is 0 Å². The van der Waals surface area contributed by atoms with Gasteiger partial charge in [0.05, 0.1) is 5.69 Å². The van der Waals surface area contributed by atoms with Gasteiger partial charge in [0.1, 0.15) is 4.90 Å². The molecule has 1 aromatic heterocycles. The minimum absolute atomic E-state index is 0.120. The summed E-state index contributed by atoms with van der Waals surface area (Å²) in [6, 6.07) is 5.61. The van der Waals surface area contributed by atoms with E-state index in [1.54, 1.807) is 23.9 Å². The minimum atomic E-state index is -3.62. The van der Waals surface area contributed by atoms with Crippen molar-refractivity contribution in [2.45, 2.75) is 45.6 Å². The van der Waals surface area contributed by atoms with E-state index in [0.717, 1.165) is 11.1 Å². The molecule has 0 amide bonds. The molecule has 2 rings (SSSR count). The molecular formula is C15H21N3O2S. The summed E-state index contributed by atoms with van der Waals surface area (Å²) < 4.78 is 29.3. The van der Waals surface area contributed by atoms with Crippen molar-refractivity contribution < 1.29 is 8.42 Å². The third-order valence-electron chi connectivity index (χ3n) is 3.45. The lowest BCUT2D eigenvalue weighted by Crippen LogP contribution is -2.13. The summed E-state index contributed by atoms with van der Waals surface area (Å²) in [5, 5.41) is 4.25. The van der Waals surface area contributed by atoms with Crippen LogP contribution in [-0.2, 0) is 10.0 Å². The Hall–Kier alpha value is -1.82. The Bertz CT molecular complexity index is 761. The first-order valence-corrected chi connectivity index (χ1v) is 8.35. The Morgan fingerprint density at radius 1 is 1.14 bits per heavy atom. The molecule has 114 valence electrons. The first kappa shape index (κ1) is 15.6. The standard InChI is InChI=1S/C15H21N3O2S/c1-10(2)18-9-15(13(5)16-18)21(19,20)17-14-7-6-11(3)12(4)8-14/h6-10,17H,1-5H3. The molecule has 0 unspecified atom stereocenters. The molecule has 1 aromatic carbocycles. The van der Waals surface area contributed by atoms with E-state index in [4.69, 9.17) is 0 Å². The Morgan fingerprint density at radius 2 is 1.81 bits per heavy atom. The van der Waals surface area contributed by atoms with Gasteiger partial charge in [-0.05, 0) is 57.9 Å². The molecule has 0 saturated heterocycles. The Kier molecular flexibility index (Phi) is 4.09. The van der Waals surface area contributed by atoms with Crippen LogP contribution in [0.15, 0.2) is 29.3 Å². The van der Waals surface area contributed by atoms with E-state index in [1.165, 1.54) is 0 Å². The van der Waals surface area contributed by atoms with Gasteiger partial charge in [-0.15, -0.1) is 0 Å². The van der Waals surface area contributed by atoms with E-state index < -0.39 is 10.0 Å². The lowest BCUT2D eigenvalue weighted by molar-refractivity contribution is 0.528. The summed E-state index contributed by atoms with van der Waals surface area (Å²) >= 11 is 0. The highest BCUT2D eigenvalue weighted by Crippen LogP contribution is 2.21. The summed E-state index contributed by atoms with van der Waals surface area (Å²) in [6.45, 7) is 9.56. The van der Waals surface area contributed by atoms with E-state index in [-0.39, 0.29) is 10.9 Å². The van der Waals surface area contributed by atoms with Crippen molar-refractivity contribution in [2.24, 2.45) is 0 Å². The zero-order valence-electron chi connectivity index (χ0n) is 13.0. The first-order valence-electron chi connectivity index (χ1n) is 6.86. The van der Waals surface area contributed by atoms with Crippen molar-refractivity contribution in [3.63, 3.8) is 0 Å². The fourth-order valence-corrected chi connectivity index (χ4v) is 3.23. The van der Waals surface area contributed by atoms with Gasteiger partial charge in [0, 0.05) is 17.9 Å². The maximum Gasteiger partial charge on any atom is 0.265 e. The average molecular weight is 307 g/mol. The number of nitrogens with zero attached hydrogens (tertiary/aromatic N) is 2. The molecule has 0 bridgehead atoms. The Balaban J connectivity index is 2.36. The number of aryl methyl sites for hydroxylation is 3. The van der Waals surface area contributed by atoms with E-state index in [2.05, 4.69) is 9.82 Å². The molecule has 0 fully saturated rings. The molecule has 6 heteroatoms. The monoisotopic (exact) mass is 307 g/mol. The van der Waals surface area contributed by atoms with Gasteiger partial charge in [0.25, 0.3) is 10.0 Å². The number of hydrogen-bond donors (Lipinski definition) is 1. The van der Waals surface area contributed by atoms with Crippen LogP contribution in [-0.4, -0.2) is 18.2 Å². The van der Waals surface area contributed by atoms with Gasteiger partial charge in [-0.1, -0.05) is 6.07 Å². The smallest absolute Gasteiger partial charge is 0.265 e. The maximum absolute atomic E-state index is 12.5. The minimum Gasteiger partial charge on any atom is -0.280 e. The highest BCUT2D eigenvalue weighted by molar-refractivity contribution is 7.92. The third-order valence-corrected chi connectivity index (χ3v) is 4.93. The zero-order chi connectivity index (χ0) is 15.8. The maximum atomic E-state index is 12.5. The van der Waals surface area contributed by atoms with Crippen molar-refractivity contribution in [1.29, 1.82) is 0 Å². The fraction of sp³-hybridized carbons (Fsp3) is 0.400. The van der Waals surface area contributed by atoms with E-state index in [0.29, 0.717) is 11.4 Å². The van der Waals surface area contributed by atoms with Crippen LogP contribution < -0.4 is 4.72 Å². The second kappa shape index (κ2) is 5.52. The van der Waals surface area contributed by atoms with Crippen LogP contribution in [0.1, 0.15) is 36.7 Å². The number of anilines is 1. The number of benzene rings is 1. The van der Waals surface area contributed by atoms with Crippen LogP contribution >= 0.6 is 0 Å². The molecule has 0 aliphatic rings. The van der Waals surface area contributed by atoms with Gasteiger partial charge in [0.2, 0.25) is 0 Å². The molecule has 0 spiro atoms. The molecule has 0 saturated carbocycles. The highest BCUT2D eigenvalue weighted by Gasteiger charge is 2.21. The van der Waals surface area contributed by atoms with Crippen molar-refractivity contribution in [3.05, 3.63) is 41.2 Å². The normalized spacial score (nSPS) is 11.9. The number of sulfonamides is 1. The largest absolute Gasteiger partial charge is 0.280 e. The van der Waals surface area contributed by atoms with Crippen molar-refractivity contribution in [1.82, 2.24) is 9.78 Å². The van der Waals surface area contributed by atoms with Crippen molar-refractivity contribution in [2.75, 3.05) is 4.72 Å². The van der Waals surface area contributed by atoms with E-state index in [9.17, 15) is 8.42 Å². The molecule has 0 aliphatic heterocycles. The Morgan fingerprint density at radius 3 is 2.33 bits per heavy atom. The Labute approximate surface area is 126 Å². The lowest BCUT2D eigenvalue weighted by atomic mass is 10.1. The number of rotatable bonds is 4. The predicted octanol–water partition coefficient (Wildman–Crippen LogP) is 3.19.